The zero-order valence-corrected chi connectivity index (χ0v) is 15.6. The van der Waals surface area contributed by atoms with Gasteiger partial charge in [-0.15, -0.1) is 0 Å². The highest BCUT2D eigenvalue weighted by Gasteiger charge is 2.30. The van der Waals surface area contributed by atoms with E-state index < -0.39 is 0 Å². The van der Waals surface area contributed by atoms with Gasteiger partial charge in [0.15, 0.2) is 0 Å². The van der Waals surface area contributed by atoms with Gasteiger partial charge in [-0.05, 0) is 60.4 Å². The standard InChI is InChI=1S/C23H22FN3O/c24-19-5-1-4-18(14-19)15-20-6-2-7-21(26-20)22-8-3-13-27(22)23(28)16-17-9-11-25-12-10-17/h1-2,4-7,9-12,14,22H,3,8,13,15-16H2/t22-/m1/s1. The van der Waals surface area contributed by atoms with E-state index >= 15 is 0 Å². The zero-order chi connectivity index (χ0) is 19.3. The van der Waals surface area contributed by atoms with Crippen LogP contribution in [0.3, 0.4) is 0 Å². The molecule has 3 aromatic rings. The van der Waals surface area contributed by atoms with Gasteiger partial charge in [0.2, 0.25) is 5.91 Å². The minimum absolute atomic E-state index is 0.00166. The summed E-state index contributed by atoms with van der Waals surface area (Å²) in [5, 5.41) is 0. The van der Waals surface area contributed by atoms with Gasteiger partial charge in [0.25, 0.3) is 0 Å². The molecule has 4 rings (SSSR count). The Balaban J connectivity index is 1.50. The van der Waals surface area contributed by atoms with Crippen LogP contribution in [0, 0.1) is 5.82 Å². The van der Waals surface area contributed by atoms with E-state index in [2.05, 4.69) is 4.98 Å². The Morgan fingerprint density at radius 1 is 1.07 bits per heavy atom. The Labute approximate surface area is 164 Å². The van der Waals surface area contributed by atoms with Gasteiger partial charge in [0.05, 0.1) is 18.2 Å². The quantitative estimate of drug-likeness (QED) is 0.674. The fourth-order valence-electron chi connectivity index (χ4n) is 3.79. The number of halogens is 1. The highest BCUT2D eigenvalue weighted by Crippen LogP contribution is 2.31. The number of carbonyl (C=O) groups excluding carboxylic acids is 1. The third kappa shape index (κ3) is 4.25. The van der Waals surface area contributed by atoms with Crippen LogP contribution in [0.5, 0.6) is 0 Å². The normalized spacial score (nSPS) is 16.3. The van der Waals surface area contributed by atoms with Crippen molar-refractivity contribution in [1.82, 2.24) is 14.9 Å². The summed E-state index contributed by atoms with van der Waals surface area (Å²) in [6.45, 7) is 0.754. The van der Waals surface area contributed by atoms with Crippen molar-refractivity contribution in [3.63, 3.8) is 0 Å². The van der Waals surface area contributed by atoms with Gasteiger partial charge in [-0.3, -0.25) is 14.8 Å². The zero-order valence-electron chi connectivity index (χ0n) is 15.6. The van der Waals surface area contributed by atoms with Crippen molar-refractivity contribution in [3.05, 3.63) is 95.3 Å². The van der Waals surface area contributed by atoms with Crippen LogP contribution < -0.4 is 0 Å². The molecule has 1 aromatic carbocycles. The summed E-state index contributed by atoms with van der Waals surface area (Å²) in [6.07, 6.45) is 6.26. The molecule has 2 aromatic heterocycles. The summed E-state index contributed by atoms with van der Waals surface area (Å²) in [5.74, 6) is -0.122. The third-order valence-corrected chi connectivity index (χ3v) is 5.12. The van der Waals surface area contributed by atoms with E-state index in [-0.39, 0.29) is 17.8 Å². The second-order valence-corrected chi connectivity index (χ2v) is 7.14. The minimum Gasteiger partial charge on any atom is -0.334 e. The molecule has 1 saturated heterocycles. The number of carbonyl (C=O) groups is 1. The van der Waals surface area contributed by atoms with Crippen molar-refractivity contribution in [2.24, 2.45) is 0 Å². The van der Waals surface area contributed by atoms with E-state index in [9.17, 15) is 9.18 Å². The number of pyridine rings is 2. The van der Waals surface area contributed by atoms with Gasteiger partial charge < -0.3 is 4.90 Å². The maximum Gasteiger partial charge on any atom is 0.227 e. The Morgan fingerprint density at radius 3 is 2.71 bits per heavy atom. The predicted octanol–water partition coefficient (Wildman–Crippen LogP) is 4.11. The van der Waals surface area contributed by atoms with Gasteiger partial charge in [0.1, 0.15) is 5.82 Å². The first-order valence-electron chi connectivity index (χ1n) is 9.58. The van der Waals surface area contributed by atoms with E-state index in [1.165, 1.54) is 12.1 Å². The van der Waals surface area contributed by atoms with Crippen molar-refractivity contribution < 1.29 is 9.18 Å². The van der Waals surface area contributed by atoms with Crippen LogP contribution >= 0.6 is 0 Å². The molecule has 0 aliphatic carbocycles. The van der Waals surface area contributed by atoms with Crippen LogP contribution in [0.15, 0.2) is 67.0 Å². The second-order valence-electron chi connectivity index (χ2n) is 7.14. The third-order valence-electron chi connectivity index (χ3n) is 5.12. The smallest absolute Gasteiger partial charge is 0.227 e. The molecule has 5 heteroatoms. The topological polar surface area (TPSA) is 46.1 Å². The Morgan fingerprint density at radius 2 is 1.89 bits per heavy atom. The van der Waals surface area contributed by atoms with Crippen molar-refractivity contribution in [1.29, 1.82) is 0 Å². The molecule has 1 aliphatic heterocycles. The molecule has 4 nitrogen and oxygen atoms in total. The van der Waals surface area contributed by atoms with E-state index in [4.69, 9.17) is 4.98 Å². The molecule has 28 heavy (non-hydrogen) atoms. The average molecular weight is 375 g/mol. The minimum atomic E-state index is -0.239. The first kappa shape index (κ1) is 18.3. The second kappa shape index (κ2) is 8.30. The molecule has 3 heterocycles. The van der Waals surface area contributed by atoms with Crippen molar-refractivity contribution in [2.45, 2.75) is 31.7 Å². The molecular weight excluding hydrogens is 353 g/mol. The maximum atomic E-state index is 13.4. The maximum absolute atomic E-state index is 13.4. The lowest BCUT2D eigenvalue weighted by Gasteiger charge is -2.25. The molecule has 142 valence electrons. The SMILES string of the molecule is O=C(Cc1ccncc1)N1CCC[C@@H]1c1cccc(Cc2cccc(F)c2)n1. The number of amides is 1. The summed E-state index contributed by atoms with van der Waals surface area (Å²) < 4.78 is 13.4. The Kier molecular flexibility index (Phi) is 5.42. The van der Waals surface area contributed by atoms with Gasteiger partial charge in [-0.25, -0.2) is 4.39 Å². The molecule has 1 aliphatic rings. The van der Waals surface area contributed by atoms with E-state index in [1.54, 1.807) is 18.5 Å². The fraction of sp³-hybridized carbons (Fsp3) is 0.261. The Hall–Kier alpha value is -3.08. The number of likely N-dealkylation sites (tertiary alicyclic amines) is 1. The van der Waals surface area contributed by atoms with E-state index in [0.29, 0.717) is 12.8 Å². The van der Waals surface area contributed by atoms with Crippen molar-refractivity contribution >= 4 is 5.91 Å². The molecule has 0 N–H and O–H groups in total. The predicted molar refractivity (Wildman–Crippen MR) is 105 cm³/mol. The molecule has 1 atom stereocenters. The number of aromatic nitrogens is 2. The summed E-state index contributed by atoms with van der Waals surface area (Å²) >= 11 is 0. The fourth-order valence-corrected chi connectivity index (χ4v) is 3.79. The monoisotopic (exact) mass is 375 g/mol. The number of hydrogen-bond donors (Lipinski definition) is 0. The number of nitrogens with zero attached hydrogens (tertiary/aromatic N) is 3. The lowest BCUT2D eigenvalue weighted by atomic mass is 10.1. The van der Waals surface area contributed by atoms with Crippen molar-refractivity contribution in [2.75, 3.05) is 6.54 Å². The highest BCUT2D eigenvalue weighted by molar-refractivity contribution is 5.79. The summed E-state index contributed by atoms with van der Waals surface area (Å²) in [4.78, 5) is 23.6. The first-order valence-corrected chi connectivity index (χ1v) is 9.58. The largest absolute Gasteiger partial charge is 0.334 e. The Bertz CT molecular complexity index is 961. The number of hydrogen-bond acceptors (Lipinski definition) is 3. The molecule has 0 saturated carbocycles. The molecule has 0 unspecified atom stereocenters. The van der Waals surface area contributed by atoms with Gasteiger partial charge in [-0.1, -0.05) is 18.2 Å². The summed E-state index contributed by atoms with van der Waals surface area (Å²) in [7, 11) is 0. The van der Waals surface area contributed by atoms with Gasteiger partial charge in [0, 0.05) is 31.1 Å². The molecular formula is C23H22FN3O. The van der Waals surface area contributed by atoms with Crippen LogP contribution in [0.1, 0.15) is 41.4 Å². The van der Waals surface area contributed by atoms with Crippen LogP contribution in [0.4, 0.5) is 4.39 Å². The van der Waals surface area contributed by atoms with Crippen molar-refractivity contribution in [3.8, 4) is 0 Å². The number of benzene rings is 1. The van der Waals surface area contributed by atoms with E-state index in [1.807, 2.05) is 41.3 Å². The molecule has 0 bridgehead atoms. The van der Waals surface area contributed by atoms with Crippen LogP contribution in [0.2, 0.25) is 0 Å². The molecule has 1 fully saturated rings. The molecule has 0 radical (unpaired) electrons. The van der Waals surface area contributed by atoms with Crippen LogP contribution in [0.25, 0.3) is 0 Å². The van der Waals surface area contributed by atoms with Gasteiger partial charge >= 0.3 is 0 Å². The lowest BCUT2D eigenvalue weighted by molar-refractivity contribution is -0.131. The first-order chi connectivity index (χ1) is 13.7. The molecule has 1 amide bonds. The molecule has 0 spiro atoms. The van der Waals surface area contributed by atoms with Crippen LogP contribution in [-0.4, -0.2) is 27.3 Å². The highest BCUT2D eigenvalue weighted by atomic mass is 19.1. The summed E-state index contributed by atoms with van der Waals surface area (Å²) in [6, 6.07) is 16.3. The average Bonchev–Trinajstić information content (AvgIpc) is 3.19. The van der Waals surface area contributed by atoms with E-state index in [0.717, 1.165) is 41.9 Å². The van der Waals surface area contributed by atoms with Gasteiger partial charge in [-0.2, -0.15) is 0 Å². The lowest BCUT2D eigenvalue weighted by Crippen LogP contribution is -2.32. The summed E-state index contributed by atoms with van der Waals surface area (Å²) in [5.41, 5.74) is 3.66. The number of rotatable bonds is 5. The van der Waals surface area contributed by atoms with Crippen LogP contribution in [-0.2, 0) is 17.6 Å².